The molecule has 3 aromatic heterocycles. The highest BCUT2D eigenvalue weighted by Gasteiger charge is 2.68. The molecule has 2 amide bonds. The van der Waals surface area contributed by atoms with Gasteiger partial charge in [0.05, 0.1) is 23.6 Å². The van der Waals surface area contributed by atoms with Gasteiger partial charge >= 0.3 is 0 Å². The first-order valence-corrected chi connectivity index (χ1v) is 19.8. The molecule has 2 bridgehead atoms. The Morgan fingerprint density at radius 1 is 0.965 bits per heavy atom. The second-order valence-corrected chi connectivity index (χ2v) is 17.1. The van der Waals surface area contributed by atoms with Crippen LogP contribution in [0.1, 0.15) is 87.9 Å². The molecule has 0 radical (unpaired) electrons. The number of benzene rings is 2. The molecule has 5 aromatic rings. The van der Waals surface area contributed by atoms with Crippen LogP contribution in [-0.4, -0.2) is 61.9 Å². The molecule has 5 aliphatic rings. The van der Waals surface area contributed by atoms with Gasteiger partial charge in [-0.25, -0.2) is 4.39 Å². The number of fused-ring (bicyclic) bond motifs is 2. The number of alkyl halides is 1. The number of nitrogens with one attached hydrogen (secondary N) is 3. The Kier molecular flexibility index (Phi) is 8.75. The van der Waals surface area contributed by atoms with Crippen LogP contribution in [0.2, 0.25) is 0 Å². The molecule has 3 saturated carbocycles. The van der Waals surface area contributed by atoms with Crippen molar-refractivity contribution < 1.29 is 14.0 Å². The predicted molar refractivity (Wildman–Crippen MR) is 219 cm³/mol. The largest absolute Gasteiger partial charge is 0.390 e. The molecule has 3 N–H and O–H groups in total. The molecule has 0 spiro atoms. The van der Waals surface area contributed by atoms with Gasteiger partial charge in [0.25, 0.3) is 11.8 Å². The average molecular weight is 763 g/mol. The fourth-order valence-electron chi connectivity index (χ4n) is 9.60. The highest BCUT2D eigenvalue weighted by Crippen LogP contribution is 2.73. The van der Waals surface area contributed by atoms with Crippen LogP contribution >= 0.6 is 0 Å². The van der Waals surface area contributed by atoms with Crippen molar-refractivity contribution >= 4 is 23.6 Å². The van der Waals surface area contributed by atoms with Crippen molar-refractivity contribution in [3.8, 4) is 33.6 Å². The van der Waals surface area contributed by atoms with Crippen LogP contribution in [-0.2, 0) is 13.1 Å². The average Bonchev–Trinajstić information content (AvgIpc) is 3.86. The van der Waals surface area contributed by atoms with Gasteiger partial charge in [-0.2, -0.15) is 5.10 Å². The zero-order valence-corrected chi connectivity index (χ0v) is 33.0. The van der Waals surface area contributed by atoms with E-state index in [0.717, 1.165) is 86.7 Å². The third-order valence-corrected chi connectivity index (χ3v) is 12.7. The van der Waals surface area contributed by atoms with Gasteiger partial charge in [-0.1, -0.05) is 36.4 Å². The number of aryl methyl sites for hydroxylation is 3. The Morgan fingerprint density at radius 2 is 1.68 bits per heavy atom. The Morgan fingerprint density at radius 3 is 2.42 bits per heavy atom. The van der Waals surface area contributed by atoms with Crippen LogP contribution in [0, 0.1) is 36.5 Å². The quantitative estimate of drug-likeness (QED) is 0.110. The molecular formula is C46H47FN8O2. The third kappa shape index (κ3) is 6.33. The minimum Gasteiger partial charge on any atom is -0.390 e. The van der Waals surface area contributed by atoms with E-state index in [4.69, 9.17) is 15.4 Å². The topological polar surface area (TPSA) is 129 Å². The van der Waals surface area contributed by atoms with Crippen LogP contribution in [0.3, 0.4) is 0 Å². The van der Waals surface area contributed by atoms with Crippen LogP contribution in [0.25, 0.3) is 39.2 Å². The second-order valence-electron chi connectivity index (χ2n) is 17.1. The standard InChI is InChI=1S/C46H47FN8O2/c1-26-6-11-34(40(52-26)28-8-9-30-22-50-43(56)37(30)16-28)32(20-48)21-49-25-46-18-31(19-46)39(46)42-36-13-10-29(17-38(36)44(57)54(42)5)41-35(12-7-27(2)53-41)33-23-51-55(24-33)15-14-45(3,4)47/h6-13,16-17,20-21,23-24,31,39,42,48-49H,14-15,18-19,22,25H2,1-5H3,(H,50,56)/b32-21+,48-20?. The van der Waals surface area contributed by atoms with Crippen molar-refractivity contribution in [2.75, 3.05) is 13.6 Å². The number of nitrogens with zero attached hydrogens (tertiary/aromatic N) is 5. The number of rotatable bonds is 12. The Balaban J connectivity index is 0.953. The van der Waals surface area contributed by atoms with Gasteiger partial charge in [0.2, 0.25) is 0 Å². The van der Waals surface area contributed by atoms with Crippen molar-refractivity contribution in [2.24, 2.45) is 17.3 Å². The number of amides is 2. The van der Waals surface area contributed by atoms with Crippen molar-refractivity contribution in [3.63, 3.8) is 0 Å². The Bertz CT molecular complexity index is 2510. The minimum absolute atomic E-state index is 0.0186. The fraction of sp³-hybridized carbons (Fsp3) is 0.348. The molecule has 2 atom stereocenters. The van der Waals surface area contributed by atoms with E-state index in [1.165, 1.54) is 6.21 Å². The van der Waals surface area contributed by atoms with E-state index >= 15 is 0 Å². The summed E-state index contributed by atoms with van der Waals surface area (Å²) in [6.07, 6.45) is 9.58. The maximum atomic E-state index is 14.2. The summed E-state index contributed by atoms with van der Waals surface area (Å²) >= 11 is 0. The van der Waals surface area contributed by atoms with Crippen LogP contribution < -0.4 is 10.6 Å². The summed E-state index contributed by atoms with van der Waals surface area (Å²) < 4.78 is 16.0. The molecule has 2 unspecified atom stereocenters. The number of aromatic nitrogens is 4. The summed E-state index contributed by atoms with van der Waals surface area (Å²) in [4.78, 5) is 38.2. The van der Waals surface area contributed by atoms with E-state index in [-0.39, 0.29) is 23.3 Å². The lowest BCUT2D eigenvalue weighted by molar-refractivity contribution is -0.210. The van der Waals surface area contributed by atoms with Gasteiger partial charge in [-0.05, 0) is 93.2 Å². The zero-order chi connectivity index (χ0) is 39.8. The SMILES string of the molecule is Cc1ccc(/C(C=N)=C/NCC23CC(C2)C3C2c3ccc(-c4nc(C)ccc4-c4cnn(CCC(C)(C)F)c4)cc3C(=O)N2C)c(-c2ccc3c(c2)C(=O)NC3)n1. The van der Waals surface area contributed by atoms with Crippen molar-refractivity contribution in [3.05, 3.63) is 118 Å². The van der Waals surface area contributed by atoms with E-state index in [1.807, 2.05) is 86.7 Å². The van der Waals surface area contributed by atoms with Crippen molar-refractivity contribution in [1.82, 2.24) is 35.3 Å². The van der Waals surface area contributed by atoms with Crippen LogP contribution in [0.15, 0.2) is 79.3 Å². The summed E-state index contributed by atoms with van der Waals surface area (Å²) in [6.45, 7) is 8.80. The van der Waals surface area contributed by atoms with Gasteiger partial charge in [0.15, 0.2) is 0 Å². The molecule has 3 fully saturated rings. The molecule has 290 valence electrons. The normalized spacial score (nSPS) is 22.1. The molecular weight excluding hydrogens is 716 g/mol. The number of carbonyl (C=O) groups is 2. The maximum absolute atomic E-state index is 14.2. The van der Waals surface area contributed by atoms with Crippen molar-refractivity contribution in [2.45, 2.75) is 71.8 Å². The number of pyridine rings is 2. The van der Waals surface area contributed by atoms with Gasteiger partial charge < -0.3 is 20.9 Å². The number of allylic oxidation sites excluding steroid dienone is 1. The lowest BCUT2D eigenvalue weighted by Gasteiger charge is -2.71. The van der Waals surface area contributed by atoms with E-state index in [0.29, 0.717) is 42.5 Å². The summed E-state index contributed by atoms with van der Waals surface area (Å²) in [6, 6.07) is 20.0. The second kappa shape index (κ2) is 13.6. The van der Waals surface area contributed by atoms with E-state index in [9.17, 15) is 14.0 Å². The predicted octanol–water partition coefficient (Wildman–Crippen LogP) is 8.11. The third-order valence-electron chi connectivity index (χ3n) is 12.7. The first kappa shape index (κ1) is 36.7. The molecule has 0 saturated heterocycles. The smallest absolute Gasteiger partial charge is 0.254 e. The van der Waals surface area contributed by atoms with Gasteiger partial charge in [0, 0.05) is 108 Å². The molecule has 10 nitrogen and oxygen atoms in total. The molecule has 3 aliphatic carbocycles. The highest BCUT2D eigenvalue weighted by molar-refractivity contribution is 6.10. The summed E-state index contributed by atoms with van der Waals surface area (Å²) in [5.74, 6) is 0.824. The minimum atomic E-state index is -1.28. The lowest BCUT2D eigenvalue weighted by atomic mass is 9.35. The summed E-state index contributed by atoms with van der Waals surface area (Å²) in [7, 11) is 1.93. The Labute approximate surface area is 332 Å². The van der Waals surface area contributed by atoms with Gasteiger partial charge in [-0.15, -0.1) is 0 Å². The van der Waals surface area contributed by atoms with E-state index in [2.05, 4.69) is 27.9 Å². The van der Waals surface area contributed by atoms with Gasteiger partial charge in [-0.3, -0.25) is 24.2 Å². The molecule has 5 heterocycles. The molecule has 11 heteroatoms. The number of hydrogen-bond acceptors (Lipinski definition) is 7. The summed E-state index contributed by atoms with van der Waals surface area (Å²) in [5.41, 5.74) is 10.5. The van der Waals surface area contributed by atoms with Crippen LogP contribution in [0.5, 0.6) is 0 Å². The number of carbonyl (C=O) groups excluding carboxylic acids is 2. The first-order chi connectivity index (χ1) is 27.3. The maximum Gasteiger partial charge on any atom is 0.254 e. The Hall–Kier alpha value is -5.97. The fourth-order valence-corrected chi connectivity index (χ4v) is 9.60. The lowest BCUT2D eigenvalue weighted by Crippen LogP contribution is -2.67. The number of halogens is 1. The molecule has 57 heavy (non-hydrogen) atoms. The van der Waals surface area contributed by atoms with E-state index < -0.39 is 5.67 Å². The monoisotopic (exact) mass is 762 g/mol. The highest BCUT2D eigenvalue weighted by atomic mass is 19.1. The first-order valence-electron chi connectivity index (χ1n) is 19.8. The zero-order valence-electron chi connectivity index (χ0n) is 33.0. The van der Waals surface area contributed by atoms with Gasteiger partial charge in [0.1, 0.15) is 5.67 Å². The number of hydrogen-bond donors (Lipinski definition) is 3. The van der Waals surface area contributed by atoms with Crippen molar-refractivity contribution in [1.29, 1.82) is 5.41 Å². The van der Waals surface area contributed by atoms with Crippen LogP contribution in [0.4, 0.5) is 4.39 Å². The van der Waals surface area contributed by atoms with E-state index in [1.54, 1.807) is 24.7 Å². The summed E-state index contributed by atoms with van der Waals surface area (Å²) in [5, 5.41) is 19.4. The molecule has 2 aromatic carbocycles. The molecule has 10 rings (SSSR count). The molecule has 2 aliphatic heterocycles.